The minimum Gasteiger partial charge on any atom is -0.550 e. The van der Waals surface area contributed by atoms with E-state index >= 15 is 0 Å². The summed E-state index contributed by atoms with van der Waals surface area (Å²) in [6.07, 6.45) is 21.9. The minimum atomic E-state index is -0.919. The zero-order valence-corrected chi connectivity index (χ0v) is 16.1. The van der Waals surface area contributed by atoms with Gasteiger partial charge in [-0.15, -0.1) is 0 Å². The summed E-state index contributed by atoms with van der Waals surface area (Å²) in [5.41, 5.74) is 0. The molecule has 116 valence electrons. The van der Waals surface area contributed by atoms with Crippen LogP contribution in [-0.4, -0.2) is 5.97 Å². The van der Waals surface area contributed by atoms with Gasteiger partial charge >= 0.3 is 29.6 Å². The smallest absolute Gasteiger partial charge is 0.550 e. The quantitative estimate of drug-likeness (QED) is 0.277. The van der Waals surface area contributed by atoms with Crippen LogP contribution in [0.4, 0.5) is 0 Å². The molecule has 0 unspecified atom stereocenters. The zero-order chi connectivity index (χ0) is 14.9. The standard InChI is InChI=1S/C18H32O2.Na/c1-2-3-4-5-6-7-8-9-10-11-12-13-14-15-16-17-18(19)20;/h6-9H,2-5,10-17H2,1H3,(H,19,20);/q;+1/p-1/b7-6+,9-8+;. The van der Waals surface area contributed by atoms with Crippen LogP contribution in [0.25, 0.3) is 0 Å². The molecular weight excluding hydrogens is 271 g/mol. The van der Waals surface area contributed by atoms with Crippen LogP contribution in [0.3, 0.4) is 0 Å². The number of unbranched alkanes of at least 4 members (excludes halogenated alkanes) is 9. The van der Waals surface area contributed by atoms with Crippen molar-refractivity contribution in [2.24, 2.45) is 0 Å². The normalized spacial score (nSPS) is 11.1. The Morgan fingerprint density at radius 1 is 0.810 bits per heavy atom. The summed E-state index contributed by atoms with van der Waals surface area (Å²) in [7, 11) is 0. The third-order valence-electron chi connectivity index (χ3n) is 3.36. The third kappa shape index (κ3) is 22.4. The summed E-state index contributed by atoms with van der Waals surface area (Å²) in [6.45, 7) is 2.23. The largest absolute Gasteiger partial charge is 1.00 e. The molecule has 21 heavy (non-hydrogen) atoms. The van der Waals surface area contributed by atoms with Crippen LogP contribution in [0.5, 0.6) is 0 Å². The van der Waals surface area contributed by atoms with E-state index in [1.54, 1.807) is 0 Å². The second kappa shape index (κ2) is 19.9. The van der Waals surface area contributed by atoms with Crippen LogP contribution in [0, 0.1) is 0 Å². The van der Waals surface area contributed by atoms with Crippen molar-refractivity contribution in [1.82, 2.24) is 0 Å². The van der Waals surface area contributed by atoms with Gasteiger partial charge in [0.2, 0.25) is 0 Å². The number of aliphatic carboxylic acids is 1. The molecule has 0 radical (unpaired) electrons. The molecule has 0 aromatic carbocycles. The number of hydrogen-bond donors (Lipinski definition) is 0. The van der Waals surface area contributed by atoms with Gasteiger partial charge in [-0.05, 0) is 38.5 Å². The second-order valence-electron chi connectivity index (χ2n) is 5.38. The van der Waals surface area contributed by atoms with Crippen LogP contribution >= 0.6 is 0 Å². The Hall–Kier alpha value is -0.0500. The number of carbonyl (C=O) groups excluding carboxylic acids is 1. The summed E-state index contributed by atoms with van der Waals surface area (Å²) >= 11 is 0. The van der Waals surface area contributed by atoms with E-state index in [0.717, 1.165) is 25.7 Å². The van der Waals surface area contributed by atoms with Crippen molar-refractivity contribution in [3.8, 4) is 0 Å². The molecule has 0 fully saturated rings. The molecule has 0 rings (SSSR count). The first-order valence-corrected chi connectivity index (χ1v) is 8.29. The van der Waals surface area contributed by atoms with Crippen LogP contribution in [0.2, 0.25) is 0 Å². The van der Waals surface area contributed by atoms with E-state index in [2.05, 4.69) is 31.2 Å². The van der Waals surface area contributed by atoms with Gasteiger partial charge in [-0.1, -0.05) is 69.8 Å². The van der Waals surface area contributed by atoms with E-state index in [-0.39, 0.29) is 36.0 Å². The SMILES string of the molecule is CCCCC/C=C/C=C/CCCCCCCCC(=O)[O-].[Na+]. The van der Waals surface area contributed by atoms with E-state index in [4.69, 9.17) is 0 Å². The van der Waals surface area contributed by atoms with Crippen LogP contribution in [0.1, 0.15) is 84.0 Å². The van der Waals surface area contributed by atoms with E-state index in [1.807, 2.05) is 0 Å². The summed E-state index contributed by atoms with van der Waals surface area (Å²) in [5, 5.41) is 10.2. The molecule has 0 saturated heterocycles. The van der Waals surface area contributed by atoms with E-state index in [9.17, 15) is 9.90 Å². The molecule has 0 saturated carbocycles. The first-order chi connectivity index (χ1) is 9.77. The molecule has 0 N–H and O–H groups in total. The molecule has 2 nitrogen and oxygen atoms in total. The molecule has 0 aliphatic carbocycles. The summed E-state index contributed by atoms with van der Waals surface area (Å²) in [4.78, 5) is 10.2. The molecule has 0 atom stereocenters. The van der Waals surface area contributed by atoms with E-state index in [0.29, 0.717) is 0 Å². The average Bonchev–Trinajstić information content (AvgIpc) is 2.43. The average molecular weight is 302 g/mol. The van der Waals surface area contributed by atoms with Gasteiger partial charge in [-0.3, -0.25) is 0 Å². The maximum atomic E-state index is 10.2. The third-order valence-corrected chi connectivity index (χ3v) is 3.36. The van der Waals surface area contributed by atoms with Crippen LogP contribution in [0.15, 0.2) is 24.3 Å². The van der Waals surface area contributed by atoms with Gasteiger partial charge in [0.15, 0.2) is 0 Å². The fourth-order valence-corrected chi connectivity index (χ4v) is 2.10. The molecule has 0 aliphatic rings. The molecule has 0 amide bonds. The van der Waals surface area contributed by atoms with Crippen molar-refractivity contribution in [1.29, 1.82) is 0 Å². The van der Waals surface area contributed by atoms with Gasteiger partial charge in [0, 0.05) is 5.97 Å². The van der Waals surface area contributed by atoms with Crippen molar-refractivity contribution in [2.75, 3.05) is 0 Å². The van der Waals surface area contributed by atoms with Gasteiger partial charge in [-0.25, -0.2) is 0 Å². The van der Waals surface area contributed by atoms with Gasteiger partial charge < -0.3 is 9.90 Å². The number of hydrogen-bond acceptors (Lipinski definition) is 2. The summed E-state index contributed by atoms with van der Waals surface area (Å²) < 4.78 is 0. The Morgan fingerprint density at radius 2 is 1.29 bits per heavy atom. The van der Waals surface area contributed by atoms with Crippen molar-refractivity contribution in [2.45, 2.75) is 84.0 Å². The molecule has 0 aliphatic heterocycles. The Kier molecular flexibility index (Phi) is 22.1. The van der Waals surface area contributed by atoms with Crippen LogP contribution < -0.4 is 34.7 Å². The summed E-state index contributed by atoms with van der Waals surface area (Å²) in [6, 6.07) is 0. The molecule has 0 bridgehead atoms. The Labute approximate surface area is 153 Å². The fraction of sp³-hybridized carbons (Fsp3) is 0.722. The number of carbonyl (C=O) groups is 1. The first-order valence-electron chi connectivity index (χ1n) is 8.29. The molecular formula is C18H31NaO2. The first kappa shape index (κ1) is 23.2. The van der Waals surface area contributed by atoms with Gasteiger partial charge in [0.25, 0.3) is 0 Å². The fourth-order valence-electron chi connectivity index (χ4n) is 2.10. The second-order valence-corrected chi connectivity index (χ2v) is 5.38. The maximum Gasteiger partial charge on any atom is 1.00 e. The molecule has 0 heterocycles. The van der Waals surface area contributed by atoms with Crippen molar-refractivity contribution in [3.05, 3.63) is 24.3 Å². The van der Waals surface area contributed by atoms with Crippen molar-refractivity contribution >= 4 is 5.97 Å². The maximum absolute atomic E-state index is 10.2. The molecule has 0 aromatic rings. The minimum absolute atomic E-state index is 0. The zero-order valence-electron chi connectivity index (χ0n) is 14.1. The Balaban J connectivity index is 0. The number of rotatable bonds is 14. The van der Waals surface area contributed by atoms with Gasteiger partial charge in [0.1, 0.15) is 0 Å². The Bertz CT molecular complexity index is 272. The van der Waals surface area contributed by atoms with Crippen LogP contribution in [-0.2, 0) is 4.79 Å². The van der Waals surface area contributed by atoms with Gasteiger partial charge in [0.05, 0.1) is 0 Å². The van der Waals surface area contributed by atoms with E-state index < -0.39 is 5.97 Å². The summed E-state index contributed by atoms with van der Waals surface area (Å²) in [5.74, 6) is -0.919. The topological polar surface area (TPSA) is 40.1 Å². The number of carboxylic acids is 1. The van der Waals surface area contributed by atoms with Crippen molar-refractivity contribution in [3.63, 3.8) is 0 Å². The molecule has 3 heteroatoms. The number of allylic oxidation sites excluding steroid dienone is 4. The molecule has 0 spiro atoms. The Morgan fingerprint density at radius 3 is 1.81 bits per heavy atom. The van der Waals surface area contributed by atoms with Crippen molar-refractivity contribution < 1.29 is 39.5 Å². The molecule has 0 aromatic heterocycles. The monoisotopic (exact) mass is 302 g/mol. The number of carboxylic acid groups (broad SMARTS) is 1. The van der Waals surface area contributed by atoms with E-state index in [1.165, 1.54) is 44.9 Å². The predicted octanol–water partition coefficient (Wildman–Crippen LogP) is 1.55. The van der Waals surface area contributed by atoms with Gasteiger partial charge in [-0.2, -0.15) is 0 Å². The predicted molar refractivity (Wildman–Crippen MR) is 84.4 cm³/mol.